The van der Waals surface area contributed by atoms with Gasteiger partial charge in [0, 0.05) is 63.3 Å². The Kier molecular flexibility index (Phi) is 12.2. The minimum Gasteiger partial charge on any atom is -0.494 e. The third kappa shape index (κ3) is 8.51. The number of hydrogen-bond donors (Lipinski definition) is 2. The summed E-state index contributed by atoms with van der Waals surface area (Å²) in [5.41, 5.74) is 4.29. The summed E-state index contributed by atoms with van der Waals surface area (Å²) in [4.78, 5) is 38.2. The van der Waals surface area contributed by atoms with E-state index in [0.29, 0.717) is 53.7 Å². The zero-order valence-electron chi connectivity index (χ0n) is 26.8. The Labute approximate surface area is 259 Å². The van der Waals surface area contributed by atoms with Gasteiger partial charge in [-0.15, -0.1) is 0 Å². The Hall–Kier alpha value is -4.55. The lowest BCUT2D eigenvalue weighted by atomic mass is 9.87. The van der Waals surface area contributed by atoms with E-state index in [4.69, 9.17) is 14.5 Å². The van der Waals surface area contributed by atoms with Gasteiger partial charge in [0.15, 0.2) is 0 Å². The molecule has 0 saturated heterocycles. The maximum Gasteiger partial charge on any atom is 0.294 e. The number of methoxy groups -OCH3 is 2. The molecule has 0 saturated carbocycles. The highest BCUT2D eigenvalue weighted by atomic mass is 16.6. The van der Waals surface area contributed by atoms with Gasteiger partial charge in [0.25, 0.3) is 5.69 Å². The van der Waals surface area contributed by atoms with E-state index in [1.807, 2.05) is 76.0 Å². The van der Waals surface area contributed by atoms with Crippen molar-refractivity contribution < 1.29 is 19.2 Å². The summed E-state index contributed by atoms with van der Waals surface area (Å²) >= 11 is 0. The molecule has 0 aliphatic carbocycles. The first-order chi connectivity index (χ1) is 21.0. The van der Waals surface area contributed by atoms with Gasteiger partial charge in [0.1, 0.15) is 11.4 Å². The van der Waals surface area contributed by atoms with Crippen LogP contribution in [0, 0.1) is 23.0 Å². The van der Waals surface area contributed by atoms with E-state index < -0.39 is 4.92 Å². The number of nitro groups is 1. The number of likely N-dealkylation sites (N-methyl/N-ethyl adjacent to an activating group) is 2. The van der Waals surface area contributed by atoms with Crippen molar-refractivity contribution in [2.75, 3.05) is 71.8 Å². The normalized spacial score (nSPS) is 11.8. The van der Waals surface area contributed by atoms with Crippen LogP contribution in [-0.4, -0.2) is 87.3 Å². The van der Waals surface area contributed by atoms with Crippen LogP contribution in [0.4, 0.5) is 23.0 Å². The van der Waals surface area contributed by atoms with Gasteiger partial charge in [0.2, 0.25) is 11.9 Å². The first kappa shape index (κ1) is 33.9. The second-order valence-electron chi connectivity index (χ2n) is 10.9. The average Bonchev–Trinajstić information content (AvgIpc) is 2.98. The van der Waals surface area contributed by atoms with Crippen molar-refractivity contribution in [1.29, 1.82) is 0 Å². The summed E-state index contributed by atoms with van der Waals surface area (Å²) in [6, 6.07) is 12.6. The molecule has 0 unspecified atom stereocenters. The molecule has 0 aliphatic rings. The van der Waals surface area contributed by atoms with Gasteiger partial charge in [-0.2, -0.15) is 0 Å². The lowest BCUT2D eigenvalue weighted by molar-refractivity contribution is -0.384. The van der Waals surface area contributed by atoms with Gasteiger partial charge in [-0.3, -0.25) is 14.9 Å². The number of carbonyl (C=O) groups is 1. The quantitative estimate of drug-likeness (QED) is 0.109. The first-order valence-electron chi connectivity index (χ1n) is 14.4. The number of amides is 1. The molecular formula is C32H43N7O5. The van der Waals surface area contributed by atoms with Crippen molar-refractivity contribution in [3.63, 3.8) is 0 Å². The lowest BCUT2D eigenvalue weighted by Gasteiger charge is -2.23. The predicted molar refractivity (Wildman–Crippen MR) is 174 cm³/mol. The summed E-state index contributed by atoms with van der Waals surface area (Å²) in [6.07, 6.45) is 1.59. The molecule has 1 heterocycles. The van der Waals surface area contributed by atoms with Gasteiger partial charge in [-0.25, -0.2) is 9.97 Å². The van der Waals surface area contributed by atoms with E-state index in [-0.39, 0.29) is 23.5 Å². The maximum atomic E-state index is 13.5. The minimum atomic E-state index is -0.417. The van der Waals surface area contributed by atoms with E-state index >= 15 is 0 Å². The van der Waals surface area contributed by atoms with Gasteiger partial charge in [-0.1, -0.05) is 38.1 Å². The molecule has 0 radical (unpaired) electrons. The molecule has 0 aliphatic heterocycles. The fourth-order valence-electron chi connectivity index (χ4n) is 4.73. The number of ether oxygens (including phenoxy) is 2. The largest absolute Gasteiger partial charge is 0.494 e. The molecule has 12 heteroatoms. The van der Waals surface area contributed by atoms with Crippen LogP contribution in [0.1, 0.15) is 30.7 Å². The second-order valence-corrected chi connectivity index (χ2v) is 10.9. The third-order valence-electron chi connectivity index (χ3n) is 7.04. The smallest absolute Gasteiger partial charge is 0.294 e. The van der Waals surface area contributed by atoms with E-state index in [2.05, 4.69) is 15.6 Å². The fourth-order valence-corrected chi connectivity index (χ4v) is 4.73. The number of nitro benzene ring substituents is 1. The van der Waals surface area contributed by atoms with Gasteiger partial charge >= 0.3 is 0 Å². The van der Waals surface area contributed by atoms with Gasteiger partial charge in [0.05, 0.1) is 30.0 Å². The molecule has 2 N–H and O–H groups in total. The Morgan fingerprint density at radius 1 is 1.09 bits per heavy atom. The van der Waals surface area contributed by atoms with E-state index in [9.17, 15) is 14.9 Å². The number of aromatic nitrogens is 2. The topological polar surface area (TPSA) is 135 Å². The number of anilines is 3. The van der Waals surface area contributed by atoms with Crippen LogP contribution in [0.2, 0.25) is 0 Å². The highest BCUT2D eigenvalue weighted by Crippen LogP contribution is 2.39. The molecule has 3 aromatic rings. The molecule has 0 fully saturated rings. The number of aryl methyl sites for hydroxylation is 1. The van der Waals surface area contributed by atoms with Crippen LogP contribution in [0.3, 0.4) is 0 Å². The summed E-state index contributed by atoms with van der Waals surface area (Å²) in [5, 5.41) is 18.2. The van der Waals surface area contributed by atoms with E-state index in [1.54, 1.807) is 25.4 Å². The van der Waals surface area contributed by atoms with Crippen molar-refractivity contribution in [1.82, 2.24) is 20.2 Å². The average molecular weight is 606 g/mol. The zero-order chi connectivity index (χ0) is 32.4. The third-order valence-corrected chi connectivity index (χ3v) is 7.04. The molecule has 0 spiro atoms. The monoisotopic (exact) mass is 605 g/mol. The highest BCUT2D eigenvalue weighted by molar-refractivity contribution is 6.05. The standard InChI is InChI=1S/C32H43N7O5/c1-21(2)29(31(40)33-15-18-43-7)30(23-12-10-9-11-22(23)3)24-13-14-34-32(35-24)36-25-19-27(39(41)42)26(20-28(25)44-8)38(6)17-16-37(4)5/h9-14,19-21H,15-18H2,1-8H3,(H,33,40)(H,34,35,36)/b30-29-. The van der Waals surface area contributed by atoms with Crippen LogP contribution in [0.15, 0.2) is 54.2 Å². The second kappa shape index (κ2) is 15.8. The van der Waals surface area contributed by atoms with Crippen LogP contribution in [-0.2, 0) is 9.53 Å². The van der Waals surface area contributed by atoms with Crippen molar-refractivity contribution >= 4 is 34.5 Å². The van der Waals surface area contributed by atoms with Crippen LogP contribution >= 0.6 is 0 Å². The van der Waals surface area contributed by atoms with Gasteiger partial charge < -0.3 is 29.9 Å². The van der Waals surface area contributed by atoms with Crippen LogP contribution < -0.4 is 20.3 Å². The Balaban J connectivity index is 2.13. The Morgan fingerprint density at radius 2 is 1.82 bits per heavy atom. The molecule has 236 valence electrons. The molecule has 0 atom stereocenters. The predicted octanol–water partition coefficient (Wildman–Crippen LogP) is 4.66. The number of carbonyl (C=O) groups excluding carboxylic acids is 1. The van der Waals surface area contributed by atoms with Crippen molar-refractivity contribution in [3.05, 3.63) is 81.2 Å². The molecule has 3 rings (SSSR count). The van der Waals surface area contributed by atoms with Crippen LogP contribution in [0.25, 0.3) is 5.57 Å². The number of benzene rings is 2. The van der Waals surface area contributed by atoms with E-state index in [1.165, 1.54) is 13.2 Å². The fraction of sp³-hybridized carbons (Fsp3) is 0.406. The summed E-state index contributed by atoms with van der Waals surface area (Å²) in [7, 11) is 8.79. The van der Waals surface area contributed by atoms with Crippen LogP contribution in [0.5, 0.6) is 5.75 Å². The first-order valence-corrected chi connectivity index (χ1v) is 14.4. The molecule has 44 heavy (non-hydrogen) atoms. The van der Waals surface area contributed by atoms with Crippen molar-refractivity contribution in [2.24, 2.45) is 5.92 Å². The summed E-state index contributed by atoms with van der Waals surface area (Å²) < 4.78 is 10.8. The number of nitrogens with zero attached hydrogens (tertiary/aromatic N) is 5. The maximum absolute atomic E-state index is 13.5. The highest BCUT2D eigenvalue weighted by Gasteiger charge is 2.25. The SMILES string of the molecule is COCCNC(=O)/C(=C(\c1ccnc(Nc2cc([N+](=O)[O-])c(N(C)CCN(C)C)cc2OC)n1)c1ccccc1C)C(C)C. The summed E-state index contributed by atoms with van der Waals surface area (Å²) in [5.74, 6) is 0.233. The molecular weight excluding hydrogens is 562 g/mol. The zero-order valence-corrected chi connectivity index (χ0v) is 26.8. The van der Waals surface area contributed by atoms with Gasteiger partial charge in [-0.05, 0) is 44.1 Å². The molecule has 12 nitrogen and oxygen atoms in total. The van der Waals surface area contributed by atoms with Crippen molar-refractivity contribution in [3.8, 4) is 5.75 Å². The number of hydrogen-bond acceptors (Lipinski definition) is 10. The molecule has 2 aromatic carbocycles. The Bertz CT molecular complexity index is 1490. The van der Waals surface area contributed by atoms with Crippen molar-refractivity contribution in [2.45, 2.75) is 20.8 Å². The minimum absolute atomic E-state index is 0.0824. The molecule has 1 amide bonds. The lowest BCUT2D eigenvalue weighted by Crippen LogP contribution is -2.31. The summed E-state index contributed by atoms with van der Waals surface area (Å²) in [6.45, 7) is 7.96. The Morgan fingerprint density at radius 3 is 2.43 bits per heavy atom. The molecule has 1 aromatic heterocycles. The van der Waals surface area contributed by atoms with E-state index in [0.717, 1.165) is 17.7 Å². The number of rotatable bonds is 15. The molecule has 0 bridgehead atoms. The number of nitrogens with one attached hydrogen (secondary N) is 2.